The molecule has 2 rings (SSSR count). The van der Waals surface area contributed by atoms with Gasteiger partial charge in [0.05, 0.1) is 0 Å². The summed E-state index contributed by atoms with van der Waals surface area (Å²) in [5.74, 6) is 0. The van der Waals surface area contributed by atoms with E-state index in [4.69, 9.17) is 4.42 Å². The highest BCUT2D eigenvalue weighted by molar-refractivity contribution is 5.80. The Morgan fingerprint density at radius 1 is 1.18 bits per heavy atom. The van der Waals surface area contributed by atoms with E-state index in [9.17, 15) is 4.79 Å². The molecule has 2 nitrogen and oxygen atoms in total. The van der Waals surface area contributed by atoms with Gasteiger partial charge in [0.15, 0.2) is 0 Å². The van der Waals surface area contributed by atoms with E-state index in [-0.39, 0.29) is 5.63 Å². The van der Waals surface area contributed by atoms with E-state index < -0.39 is 0 Å². The fourth-order valence-corrected chi connectivity index (χ4v) is 2.18. The molecule has 0 bridgehead atoms. The Morgan fingerprint density at radius 2 is 1.94 bits per heavy atom. The molecule has 0 aliphatic carbocycles. The van der Waals surface area contributed by atoms with Gasteiger partial charge in [-0.05, 0) is 31.4 Å². The largest absolute Gasteiger partial charge is 0.423 e. The Bertz CT molecular complexity index is 567. The molecule has 1 aromatic heterocycles. The lowest BCUT2D eigenvalue weighted by Gasteiger charge is -2.06. The van der Waals surface area contributed by atoms with Crippen LogP contribution in [0.1, 0.15) is 37.3 Å². The van der Waals surface area contributed by atoms with Crippen molar-refractivity contribution in [3.63, 3.8) is 0 Å². The number of fused-ring (bicyclic) bond motifs is 1. The molecule has 0 N–H and O–H groups in total. The Labute approximate surface area is 101 Å². The van der Waals surface area contributed by atoms with Crippen LogP contribution in [0.4, 0.5) is 0 Å². The number of rotatable bonds is 4. The molecule has 0 atom stereocenters. The molecule has 0 amide bonds. The van der Waals surface area contributed by atoms with Crippen molar-refractivity contribution in [2.75, 3.05) is 0 Å². The molecule has 0 radical (unpaired) electrons. The minimum atomic E-state index is -0.169. The predicted octanol–water partition coefficient (Wildman–Crippen LogP) is 3.83. The second-order valence-corrected chi connectivity index (χ2v) is 4.45. The van der Waals surface area contributed by atoms with E-state index in [2.05, 4.69) is 6.92 Å². The van der Waals surface area contributed by atoms with E-state index in [1.165, 1.54) is 0 Å². The number of unbranched alkanes of at least 4 members (excludes halogenated alkanes) is 2. The van der Waals surface area contributed by atoms with E-state index in [0.717, 1.165) is 42.2 Å². The third-order valence-electron chi connectivity index (χ3n) is 3.22. The fraction of sp³-hybridized carbons (Fsp3) is 0.400. The lowest BCUT2D eigenvalue weighted by atomic mass is 10.0. The molecule has 0 aliphatic rings. The summed E-state index contributed by atoms with van der Waals surface area (Å²) in [5.41, 5.74) is 2.44. The molecule has 0 fully saturated rings. The molecule has 0 saturated carbocycles. The van der Waals surface area contributed by atoms with Gasteiger partial charge in [-0.2, -0.15) is 0 Å². The molecule has 0 aliphatic heterocycles. The van der Waals surface area contributed by atoms with Gasteiger partial charge in [0, 0.05) is 10.9 Å². The molecule has 1 heterocycles. The summed E-state index contributed by atoms with van der Waals surface area (Å²) in [5, 5.41) is 1.05. The molecule has 2 aromatic rings. The van der Waals surface area contributed by atoms with Gasteiger partial charge in [-0.25, -0.2) is 4.79 Å². The van der Waals surface area contributed by atoms with Crippen LogP contribution in [0.5, 0.6) is 0 Å². The van der Waals surface area contributed by atoms with Crippen molar-refractivity contribution in [1.82, 2.24) is 0 Å². The maximum atomic E-state index is 11.9. The smallest absolute Gasteiger partial charge is 0.339 e. The minimum Gasteiger partial charge on any atom is -0.423 e. The molecule has 90 valence electrons. The Balaban J connectivity index is 2.45. The van der Waals surface area contributed by atoms with Crippen molar-refractivity contribution in [3.8, 4) is 0 Å². The Kier molecular flexibility index (Phi) is 3.62. The summed E-state index contributed by atoms with van der Waals surface area (Å²) in [4.78, 5) is 11.9. The van der Waals surface area contributed by atoms with E-state index in [0.29, 0.717) is 5.58 Å². The second kappa shape index (κ2) is 5.17. The van der Waals surface area contributed by atoms with Gasteiger partial charge in [0.25, 0.3) is 0 Å². The average molecular weight is 230 g/mol. The quantitative estimate of drug-likeness (QED) is 0.590. The van der Waals surface area contributed by atoms with E-state index in [1.807, 2.05) is 31.2 Å². The molecule has 1 aromatic carbocycles. The van der Waals surface area contributed by atoms with Gasteiger partial charge >= 0.3 is 5.63 Å². The minimum absolute atomic E-state index is 0.169. The first-order valence-electron chi connectivity index (χ1n) is 6.25. The summed E-state index contributed by atoms with van der Waals surface area (Å²) in [7, 11) is 0. The first-order chi connectivity index (χ1) is 8.24. The number of benzene rings is 1. The Morgan fingerprint density at radius 3 is 2.71 bits per heavy atom. The zero-order chi connectivity index (χ0) is 12.3. The molecule has 0 unspecified atom stereocenters. The standard InChI is InChI=1S/C15H18O2/c1-3-4-5-9-13-11(2)12-8-6-7-10-14(12)17-15(13)16/h6-8,10H,3-5,9H2,1-2H3. The van der Waals surface area contributed by atoms with Crippen LogP contribution in [0.15, 0.2) is 33.5 Å². The first kappa shape index (κ1) is 11.9. The maximum absolute atomic E-state index is 11.9. The summed E-state index contributed by atoms with van der Waals surface area (Å²) >= 11 is 0. The van der Waals surface area contributed by atoms with Gasteiger partial charge in [-0.1, -0.05) is 38.0 Å². The summed E-state index contributed by atoms with van der Waals surface area (Å²) < 4.78 is 5.35. The Hall–Kier alpha value is -1.57. The lowest BCUT2D eigenvalue weighted by Crippen LogP contribution is -2.10. The SMILES string of the molecule is CCCCCc1c(C)c2ccccc2oc1=O. The zero-order valence-electron chi connectivity index (χ0n) is 10.5. The van der Waals surface area contributed by atoms with Crippen LogP contribution in [0.2, 0.25) is 0 Å². The summed E-state index contributed by atoms with van der Waals surface area (Å²) in [6.45, 7) is 4.18. The van der Waals surface area contributed by atoms with Gasteiger partial charge in [-0.15, -0.1) is 0 Å². The molecular formula is C15H18O2. The average Bonchev–Trinajstić information content (AvgIpc) is 2.33. The van der Waals surface area contributed by atoms with Crippen molar-refractivity contribution < 1.29 is 4.42 Å². The molecule has 2 heteroatoms. The van der Waals surface area contributed by atoms with Gasteiger partial charge in [0.1, 0.15) is 5.58 Å². The van der Waals surface area contributed by atoms with Crippen LogP contribution in [0.25, 0.3) is 11.0 Å². The third kappa shape index (κ3) is 2.41. The lowest BCUT2D eigenvalue weighted by molar-refractivity contribution is 0.544. The van der Waals surface area contributed by atoms with E-state index in [1.54, 1.807) is 0 Å². The van der Waals surface area contributed by atoms with Crippen LogP contribution < -0.4 is 5.63 Å². The molecule has 17 heavy (non-hydrogen) atoms. The van der Waals surface area contributed by atoms with Crippen molar-refractivity contribution in [2.24, 2.45) is 0 Å². The van der Waals surface area contributed by atoms with Crippen molar-refractivity contribution in [2.45, 2.75) is 39.5 Å². The van der Waals surface area contributed by atoms with Gasteiger partial charge in [-0.3, -0.25) is 0 Å². The van der Waals surface area contributed by atoms with Crippen LogP contribution in [0, 0.1) is 6.92 Å². The highest BCUT2D eigenvalue weighted by Crippen LogP contribution is 2.19. The van der Waals surface area contributed by atoms with Crippen LogP contribution in [-0.2, 0) is 6.42 Å². The highest BCUT2D eigenvalue weighted by atomic mass is 16.4. The predicted molar refractivity (Wildman–Crippen MR) is 70.5 cm³/mol. The second-order valence-electron chi connectivity index (χ2n) is 4.45. The van der Waals surface area contributed by atoms with Gasteiger partial charge < -0.3 is 4.42 Å². The molecule has 0 saturated heterocycles. The van der Waals surface area contributed by atoms with Gasteiger partial charge in [0.2, 0.25) is 0 Å². The van der Waals surface area contributed by atoms with Crippen LogP contribution in [-0.4, -0.2) is 0 Å². The number of hydrogen-bond donors (Lipinski definition) is 0. The monoisotopic (exact) mass is 230 g/mol. The highest BCUT2D eigenvalue weighted by Gasteiger charge is 2.09. The van der Waals surface area contributed by atoms with Crippen molar-refractivity contribution >= 4 is 11.0 Å². The third-order valence-corrected chi connectivity index (χ3v) is 3.22. The molecular weight excluding hydrogens is 212 g/mol. The first-order valence-corrected chi connectivity index (χ1v) is 6.25. The number of aryl methyl sites for hydroxylation is 1. The fourth-order valence-electron chi connectivity index (χ4n) is 2.18. The van der Waals surface area contributed by atoms with Crippen molar-refractivity contribution in [3.05, 3.63) is 45.8 Å². The summed E-state index contributed by atoms with van der Waals surface area (Å²) in [6.07, 6.45) is 4.21. The topological polar surface area (TPSA) is 30.2 Å². The normalized spacial score (nSPS) is 10.9. The number of hydrogen-bond acceptors (Lipinski definition) is 2. The van der Waals surface area contributed by atoms with E-state index >= 15 is 0 Å². The van der Waals surface area contributed by atoms with Crippen molar-refractivity contribution in [1.29, 1.82) is 0 Å². The van der Waals surface area contributed by atoms with Crippen LogP contribution in [0.3, 0.4) is 0 Å². The number of para-hydroxylation sites is 1. The molecule has 0 spiro atoms. The zero-order valence-corrected chi connectivity index (χ0v) is 10.5. The van der Waals surface area contributed by atoms with Crippen LogP contribution >= 0.6 is 0 Å². The summed E-state index contributed by atoms with van der Waals surface area (Å²) in [6, 6.07) is 7.73. The maximum Gasteiger partial charge on any atom is 0.339 e.